The Morgan fingerprint density at radius 1 is 1.23 bits per heavy atom. The third kappa shape index (κ3) is 3.95. The number of aryl methyl sites for hydroxylation is 1. The highest BCUT2D eigenvalue weighted by molar-refractivity contribution is 7.84. The average Bonchev–Trinajstić information content (AvgIpc) is 2.54. The molecule has 2 N–H and O–H groups in total. The van der Waals surface area contributed by atoms with Crippen molar-refractivity contribution in [3.05, 3.63) is 54.1 Å². The molecule has 22 heavy (non-hydrogen) atoms. The topological polar surface area (TPSA) is 58.7 Å². The Morgan fingerprint density at radius 3 is 2.64 bits per heavy atom. The van der Waals surface area contributed by atoms with Crippen LogP contribution in [0.2, 0.25) is 0 Å². The first-order chi connectivity index (χ1) is 10.5. The highest BCUT2D eigenvalue weighted by Gasteiger charge is 2.07. The SMILES string of the molecule is CCc1cccc(N=C(N)N(C)c2cccc(S(C)=O)c2)c1. The lowest BCUT2D eigenvalue weighted by atomic mass is 10.1. The molecule has 4 nitrogen and oxygen atoms in total. The molecule has 0 heterocycles. The Bertz CT molecular complexity index is 713. The van der Waals surface area contributed by atoms with Crippen LogP contribution in [0.25, 0.3) is 0 Å². The molecule has 1 atom stereocenters. The van der Waals surface area contributed by atoms with E-state index in [9.17, 15) is 4.21 Å². The van der Waals surface area contributed by atoms with Crippen LogP contribution in [-0.2, 0) is 17.2 Å². The molecule has 0 aliphatic carbocycles. The van der Waals surface area contributed by atoms with Crippen molar-refractivity contribution in [2.45, 2.75) is 18.2 Å². The van der Waals surface area contributed by atoms with Gasteiger partial charge >= 0.3 is 0 Å². The summed E-state index contributed by atoms with van der Waals surface area (Å²) in [6.07, 6.45) is 2.62. The maximum atomic E-state index is 11.6. The van der Waals surface area contributed by atoms with Crippen molar-refractivity contribution in [3.8, 4) is 0 Å². The van der Waals surface area contributed by atoms with E-state index in [1.165, 1.54) is 5.56 Å². The molecule has 0 radical (unpaired) electrons. The van der Waals surface area contributed by atoms with E-state index in [0.29, 0.717) is 5.96 Å². The van der Waals surface area contributed by atoms with Gasteiger partial charge in [-0.15, -0.1) is 0 Å². The molecule has 5 heteroatoms. The van der Waals surface area contributed by atoms with Crippen LogP contribution >= 0.6 is 0 Å². The molecule has 0 fully saturated rings. The molecule has 116 valence electrons. The minimum Gasteiger partial charge on any atom is -0.369 e. The maximum Gasteiger partial charge on any atom is 0.200 e. The zero-order valence-electron chi connectivity index (χ0n) is 13.1. The third-order valence-electron chi connectivity index (χ3n) is 3.44. The van der Waals surface area contributed by atoms with Gasteiger partial charge in [-0.25, -0.2) is 4.99 Å². The Hall–Kier alpha value is -2.14. The van der Waals surface area contributed by atoms with Crippen LogP contribution in [0.3, 0.4) is 0 Å². The van der Waals surface area contributed by atoms with E-state index in [2.05, 4.69) is 18.0 Å². The summed E-state index contributed by atoms with van der Waals surface area (Å²) in [4.78, 5) is 7.02. The van der Waals surface area contributed by atoms with Crippen molar-refractivity contribution in [2.24, 2.45) is 10.7 Å². The first-order valence-corrected chi connectivity index (χ1v) is 8.67. The molecular formula is C17H21N3OS. The summed E-state index contributed by atoms with van der Waals surface area (Å²) < 4.78 is 11.6. The number of nitrogens with zero attached hydrogens (tertiary/aromatic N) is 2. The molecule has 2 rings (SSSR count). The van der Waals surface area contributed by atoms with E-state index in [4.69, 9.17) is 5.73 Å². The van der Waals surface area contributed by atoms with Gasteiger partial charge in [0.1, 0.15) is 0 Å². The van der Waals surface area contributed by atoms with Gasteiger partial charge in [0.2, 0.25) is 5.96 Å². The smallest absolute Gasteiger partial charge is 0.200 e. The van der Waals surface area contributed by atoms with Crippen molar-refractivity contribution < 1.29 is 4.21 Å². The fraction of sp³-hybridized carbons (Fsp3) is 0.235. The van der Waals surface area contributed by atoms with Gasteiger partial charge in [-0.3, -0.25) is 4.21 Å². The van der Waals surface area contributed by atoms with Gasteiger partial charge in [0, 0.05) is 34.7 Å². The van der Waals surface area contributed by atoms with Crippen LogP contribution in [0.4, 0.5) is 11.4 Å². The van der Waals surface area contributed by atoms with Gasteiger partial charge in [0.25, 0.3) is 0 Å². The number of aliphatic imine (C=N–C) groups is 1. The fourth-order valence-corrected chi connectivity index (χ4v) is 2.61. The van der Waals surface area contributed by atoms with E-state index in [1.807, 2.05) is 49.5 Å². The van der Waals surface area contributed by atoms with Crippen molar-refractivity contribution >= 4 is 28.1 Å². The quantitative estimate of drug-likeness (QED) is 0.697. The molecule has 0 spiro atoms. The largest absolute Gasteiger partial charge is 0.369 e. The fourth-order valence-electron chi connectivity index (χ4n) is 2.06. The number of guanidine groups is 1. The second-order valence-electron chi connectivity index (χ2n) is 5.00. The Morgan fingerprint density at radius 2 is 1.95 bits per heavy atom. The molecule has 1 unspecified atom stereocenters. The first kappa shape index (κ1) is 16.2. The summed E-state index contributed by atoms with van der Waals surface area (Å²) in [5, 5.41) is 0. The van der Waals surface area contributed by atoms with Gasteiger partial charge < -0.3 is 10.6 Å². The zero-order chi connectivity index (χ0) is 16.1. The molecule has 2 aromatic carbocycles. The van der Waals surface area contributed by atoms with Gasteiger partial charge in [0.05, 0.1) is 5.69 Å². The summed E-state index contributed by atoms with van der Waals surface area (Å²) >= 11 is 0. The monoisotopic (exact) mass is 315 g/mol. The van der Waals surface area contributed by atoms with Gasteiger partial charge in [-0.05, 0) is 42.3 Å². The highest BCUT2D eigenvalue weighted by Crippen LogP contribution is 2.19. The summed E-state index contributed by atoms with van der Waals surface area (Å²) in [6.45, 7) is 2.11. The Balaban J connectivity index is 2.27. The molecule has 2 aromatic rings. The van der Waals surface area contributed by atoms with Gasteiger partial charge in [-0.2, -0.15) is 0 Å². The Labute approximate surface area is 134 Å². The van der Waals surface area contributed by atoms with Crippen LogP contribution in [0.1, 0.15) is 12.5 Å². The van der Waals surface area contributed by atoms with Gasteiger partial charge in [0.15, 0.2) is 0 Å². The lowest BCUT2D eigenvalue weighted by molar-refractivity contribution is 0.687. The summed E-state index contributed by atoms with van der Waals surface area (Å²) in [5.41, 5.74) is 9.02. The maximum absolute atomic E-state index is 11.6. The Kier molecular flexibility index (Phi) is 5.33. The molecule has 0 aliphatic heterocycles. The van der Waals surface area contributed by atoms with Crippen LogP contribution in [-0.4, -0.2) is 23.5 Å². The number of benzene rings is 2. The minimum absolute atomic E-state index is 0.396. The van der Waals surface area contributed by atoms with Crippen LogP contribution in [0, 0.1) is 0 Å². The molecular weight excluding hydrogens is 294 g/mol. The number of hydrogen-bond acceptors (Lipinski definition) is 2. The van der Waals surface area contributed by atoms with Crippen LogP contribution in [0.5, 0.6) is 0 Å². The van der Waals surface area contributed by atoms with Crippen molar-refractivity contribution in [3.63, 3.8) is 0 Å². The highest BCUT2D eigenvalue weighted by atomic mass is 32.2. The van der Waals surface area contributed by atoms with E-state index < -0.39 is 10.8 Å². The lowest BCUT2D eigenvalue weighted by Gasteiger charge is -2.18. The number of rotatable bonds is 4. The van der Waals surface area contributed by atoms with Crippen molar-refractivity contribution in [2.75, 3.05) is 18.2 Å². The second kappa shape index (κ2) is 7.22. The van der Waals surface area contributed by atoms with E-state index in [-0.39, 0.29) is 0 Å². The molecule has 0 saturated heterocycles. The minimum atomic E-state index is -1.02. The predicted molar refractivity (Wildman–Crippen MR) is 94.3 cm³/mol. The third-order valence-corrected chi connectivity index (χ3v) is 4.36. The van der Waals surface area contributed by atoms with Crippen LogP contribution < -0.4 is 10.6 Å². The van der Waals surface area contributed by atoms with Gasteiger partial charge in [-0.1, -0.05) is 25.1 Å². The van der Waals surface area contributed by atoms with E-state index >= 15 is 0 Å². The molecule has 0 bridgehead atoms. The lowest BCUT2D eigenvalue weighted by Crippen LogP contribution is -2.33. The molecule has 0 amide bonds. The van der Waals surface area contributed by atoms with E-state index in [1.54, 1.807) is 11.2 Å². The summed E-state index contributed by atoms with van der Waals surface area (Å²) in [7, 11) is 0.829. The number of hydrogen-bond donors (Lipinski definition) is 1. The van der Waals surface area contributed by atoms with Crippen LogP contribution in [0.15, 0.2) is 58.4 Å². The summed E-state index contributed by atoms with van der Waals surface area (Å²) in [5.74, 6) is 0.396. The second-order valence-corrected chi connectivity index (χ2v) is 6.38. The normalized spacial score (nSPS) is 13.0. The van der Waals surface area contributed by atoms with Crippen molar-refractivity contribution in [1.29, 1.82) is 0 Å². The molecule has 0 aromatic heterocycles. The summed E-state index contributed by atoms with van der Waals surface area (Å²) in [6, 6.07) is 15.5. The van der Waals surface area contributed by atoms with E-state index in [0.717, 1.165) is 22.7 Å². The first-order valence-electron chi connectivity index (χ1n) is 7.11. The number of anilines is 1. The predicted octanol–water partition coefficient (Wildman–Crippen LogP) is 3.07. The molecule has 0 saturated carbocycles. The molecule has 0 aliphatic rings. The zero-order valence-corrected chi connectivity index (χ0v) is 13.9. The average molecular weight is 315 g/mol. The standard InChI is InChI=1S/C17H21N3OS/c1-4-13-7-5-8-14(11-13)19-17(18)20(2)15-9-6-10-16(12-15)22(3)21/h5-12H,4H2,1-3H3,(H2,18,19). The number of nitrogens with two attached hydrogens (primary N) is 1. The van der Waals surface area contributed by atoms with Crippen molar-refractivity contribution in [1.82, 2.24) is 0 Å².